The molecule has 1 N–H and O–H groups in total. The minimum atomic E-state index is 0.443. The molecule has 3 heterocycles. The van der Waals surface area contributed by atoms with Crippen LogP contribution in [0.25, 0.3) is 0 Å². The molecule has 3 saturated heterocycles. The summed E-state index contributed by atoms with van der Waals surface area (Å²) >= 11 is 0. The van der Waals surface area contributed by atoms with Crippen LogP contribution in [0.15, 0.2) is 0 Å². The van der Waals surface area contributed by atoms with Crippen molar-refractivity contribution in [3.8, 4) is 0 Å². The summed E-state index contributed by atoms with van der Waals surface area (Å²) in [5.41, 5.74) is 0. The highest BCUT2D eigenvalue weighted by Crippen LogP contribution is 2.27. The number of hydrogen-bond donors (Lipinski definition) is 1. The van der Waals surface area contributed by atoms with Gasteiger partial charge in [0.1, 0.15) is 0 Å². The third-order valence-electron chi connectivity index (χ3n) is 5.13. The maximum Gasteiger partial charge on any atom is 0.0707 e. The van der Waals surface area contributed by atoms with Gasteiger partial charge in [-0.15, -0.1) is 0 Å². The average Bonchev–Trinajstić information content (AvgIpc) is 2.99. The molecule has 0 radical (unpaired) electrons. The maximum atomic E-state index is 6.15. The Bertz CT molecular complexity index is 299. The highest BCUT2D eigenvalue weighted by Gasteiger charge is 2.36. The average molecular weight is 267 g/mol. The van der Waals surface area contributed by atoms with E-state index in [0.717, 1.165) is 19.1 Å². The van der Waals surface area contributed by atoms with Crippen molar-refractivity contribution in [2.45, 2.75) is 56.9 Å². The Morgan fingerprint density at radius 1 is 1.16 bits per heavy atom. The summed E-state index contributed by atoms with van der Waals surface area (Å²) in [6.45, 7) is 8.38. The number of piperazine rings is 1. The van der Waals surface area contributed by atoms with E-state index in [2.05, 4.69) is 22.0 Å². The van der Waals surface area contributed by atoms with E-state index in [9.17, 15) is 0 Å². The van der Waals surface area contributed by atoms with Crippen molar-refractivity contribution in [2.24, 2.45) is 0 Å². The number of nitrogens with one attached hydrogen (secondary N) is 1. The molecule has 0 aromatic heterocycles. The molecule has 19 heavy (non-hydrogen) atoms. The standard InChI is InChI=1S/C15H29N3O/c1-12-9-17-7-3-4-13(17)10-18(12)11-15-6-5-14(19-15)8-16-2/h12-16H,3-11H2,1-2H3. The first-order chi connectivity index (χ1) is 9.26. The Labute approximate surface area is 117 Å². The normalized spacial score (nSPS) is 40.7. The van der Waals surface area contributed by atoms with Crippen LogP contribution >= 0.6 is 0 Å². The first kappa shape index (κ1) is 13.8. The molecule has 0 spiro atoms. The van der Waals surface area contributed by atoms with Gasteiger partial charge in [-0.1, -0.05) is 0 Å². The summed E-state index contributed by atoms with van der Waals surface area (Å²) in [5, 5.41) is 3.23. The van der Waals surface area contributed by atoms with Crippen molar-refractivity contribution in [2.75, 3.05) is 39.8 Å². The number of hydrogen-bond acceptors (Lipinski definition) is 4. The molecule has 3 aliphatic heterocycles. The smallest absolute Gasteiger partial charge is 0.0707 e. The molecule has 4 nitrogen and oxygen atoms in total. The van der Waals surface area contributed by atoms with Crippen LogP contribution in [0.4, 0.5) is 0 Å². The van der Waals surface area contributed by atoms with E-state index in [4.69, 9.17) is 4.74 Å². The summed E-state index contributed by atoms with van der Waals surface area (Å²) < 4.78 is 6.15. The van der Waals surface area contributed by atoms with Crippen LogP contribution in [0.5, 0.6) is 0 Å². The van der Waals surface area contributed by atoms with Crippen LogP contribution in [-0.2, 0) is 4.74 Å². The van der Waals surface area contributed by atoms with E-state index in [1.807, 2.05) is 7.05 Å². The van der Waals surface area contributed by atoms with E-state index in [1.54, 1.807) is 0 Å². The van der Waals surface area contributed by atoms with Crippen molar-refractivity contribution in [1.82, 2.24) is 15.1 Å². The molecule has 0 bridgehead atoms. The summed E-state index contributed by atoms with van der Waals surface area (Å²) in [6, 6.07) is 1.52. The van der Waals surface area contributed by atoms with Crippen LogP contribution in [0.1, 0.15) is 32.6 Å². The van der Waals surface area contributed by atoms with Gasteiger partial charge in [0.2, 0.25) is 0 Å². The fourth-order valence-corrected chi connectivity index (χ4v) is 4.06. The van der Waals surface area contributed by atoms with Gasteiger partial charge in [0.25, 0.3) is 0 Å². The van der Waals surface area contributed by atoms with Gasteiger partial charge < -0.3 is 10.1 Å². The SMILES string of the molecule is CNCC1CCC(CN2CC3CCCN3CC2C)O1. The van der Waals surface area contributed by atoms with Gasteiger partial charge in [-0.05, 0) is 46.2 Å². The van der Waals surface area contributed by atoms with Crippen LogP contribution < -0.4 is 5.32 Å². The Morgan fingerprint density at radius 2 is 2.00 bits per heavy atom. The first-order valence-corrected chi connectivity index (χ1v) is 8.04. The summed E-state index contributed by atoms with van der Waals surface area (Å²) in [5.74, 6) is 0. The van der Waals surface area contributed by atoms with E-state index < -0.39 is 0 Å². The zero-order valence-corrected chi connectivity index (χ0v) is 12.5. The molecule has 4 unspecified atom stereocenters. The third-order valence-corrected chi connectivity index (χ3v) is 5.13. The topological polar surface area (TPSA) is 27.7 Å². The summed E-state index contributed by atoms with van der Waals surface area (Å²) in [4.78, 5) is 5.37. The van der Waals surface area contributed by atoms with E-state index in [0.29, 0.717) is 18.2 Å². The van der Waals surface area contributed by atoms with E-state index in [-0.39, 0.29) is 0 Å². The quantitative estimate of drug-likeness (QED) is 0.820. The molecule has 0 aliphatic carbocycles. The molecular weight excluding hydrogens is 238 g/mol. The van der Waals surface area contributed by atoms with Crippen LogP contribution in [0.3, 0.4) is 0 Å². The lowest BCUT2D eigenvalue weighted by molar-refractivity contribution is -0.00975. The molecular formula is C15H29N3O. The van der Waals surface area contributed by atoms with Gasteiger partial charge in [0.05, 0.1) is 12.2 Å². The Hall–Kier alpha value is -0.160. The van der Waals surface area contributed by atoms with Gasteiger partial charge in [-0.3, -0.25) is 9.80 Å². The Kier molecular flexibility index (Phi) is 4.42. The van der Waals surface area contributed by atoms with Gasteiger partial charge in [-0.2, -0.15) is 0 Å². The molecule has 110 valence electrons. The molecule has 3 fully saturated rings. The molecule has 0 aromatic rings. The molecule has 4 atom stereocenters. The minimum absolute atomic E-state index is 0.443. The minimum Gasteiger partial charge on any atom is -0.372 e. The summed E-state index contributed by atoms with van der Waals surface area (Å²) in [7, 11) is 2.01. The largest absolute Gasteiger partial charge is 0.372 e. The molecule has 0 aromatic carbocycles. The van der Waals surface area contributed by atoms with Crippen molar-refractivity contribution in [3.63, 3.8) is 0 Å². The Balaban J connectivity index is 1.49. The van der Waals surface area contributed by atoms with Crippen molar-refractivity contribution in [1.29, 1.82) is 0 Å². The highest BCUT2D eigenvalue weighted by atomic mass is 16.5. The summed E-state index contributed by atoms with van der Waals surface area (Å²) in [6.07, 6.45) is 6.17. The lowest BCUT2D eigenvalue weighted by Gasteiger charge is -2.43. The fourth-order valence-electron chi connectivity index (χ4n) is 4.06. The van der Waals surface area contributed by atoms with Gasteiger partial charge in [-0.25, -0.2) is 0 Å². The van der Waals surface area contributed by atoms with Crippen molar-refractivity contribution < 1.29 is 4.74 Å². The zero-order chi connectivity index (χ0) is 13.2. The van der Waals surface area contributed by atoms with Gasteiger partial charge >= 0.3 is 0 Å². The molecule has 3 aliphatic rings. The van der Waals surface area contributed by atoms with Crippen LogP contribution in [0, 0.1) is 0 Å². The number of rotatable bonds is 4. The first-order valence-electron chi connectivity index (χ1n) is 8.04. The van der Waals surface area contributed by atoms with Crippen LogP contribution in [-0.4, -0.2) is 73.9 Å². The number of nitrogens with zero attached hydrogens (tertiary/aromatic N) is 2. The van der Waals surface area contributed by atoms with E-state index in [1.165, 1.54) is 45.3 Å². The molecule has 0 amide bonds. The van der Waals surface area contributed by atoms with Gasteiger partial charge in [0, 0.05) is 38.3 Å². The predicted molar refractivity (Wildman–Crippen MR) is 77.5 cm³/mol. The second-order valence-electron chi connectivity index (χ2n) is 6.61. The Morgan fingerprint density at radius 3 is 2.84 bits per heavy atom. The predicted octanol–water partition coefficient (Wildman–Crippen LogP) is 0.922. The lowest BCUT2D eigenvalue weighted by atomic mass is 10.1. The molecule has 0 saturated carbocycles. The third kappa shape index (κ3) is 3.13. The number of likely N-dealkylation sites (N-methyl/N-ethyl adjacent to an activating group) is 1. The highest BCUT2D eigenvalue weighted by molar-refractivity contribution is 4.92. The molecule has 3 rings (SSSR count). The second kappa shape index (κ2) is 6.08. The number of ether oxygens (including phenoxy) is 1. The fraction of sp³-hybridized carbons (Fsp3) is 1.00. The van der Waals surface area contributed by atoms with Gasteiger partial charge in [0.15, 0.2) is 0 Å². The van der Waals surface area contributed by atoms with E-state index >= 15 is 0 Å². The second-order valence-corrected chi connectivity index (χ2v) is 6.61. The number of fused-ring (bicyclic) bond motifs is 1. The molecule has 4 heteroatoms. The zero-order valence-electron chi connectivity index (χ0n) is 12.5. The van der Waals surface area contributed by atoms with Crippen LogP contribution in [0.2, 0.25) is 0 Å². The maximum absolute atomic E-state index is 6.15. The lowest BCUT2D eigenvalue weighted by Crippen LogP contribution is -2.56. The van der Waals surface area contributed by atoms with Crippen molar-refractivity contribution >= 4 is 0 Å². The van der Waals surface area contributed by atoms with Crippen molar-refractivity contribution in [3.05, 3.63) is 0 Å². The monoisotopic (exact) mass is 267 g/mol.